The molecule has 0 aromatic carbocycles. The minimum atomic E-state index is -0.594. The molecule has 2 atom stereocenters. The second-order valence-corrected chi connectivity index (χ2v) is 8.27. The lowest BCUT2D eigenvalue weighted by Crippen LogP contribution is -2.44. The molecule has 1 N–H and O–H groups in total. The summed E-state index contributed by atoms with van der Waals surface area (Å²) in [6.07, 6.45) is 3.99. The molecule has 1 fully saturated rings. The Hall–Kier alpha value is -2.47. The standard InChI is InChI=1S/C22H29N3O3/c1-15-8-7-13-23-20(15)19-12-6-11-18(17-10-5-9-16(14-26)24-17)25(19)21(27)28-22(2,3)4/h5,7-10,13,18-19,26H,6,11-12,14H2,1-4H3. The van der Waals surface area contributed by atoms with Crippen molar-refractivity contribution < 1.29 is 14.6 Å². The van der Waals surface area contributed by atoms with Crippen molar-refractivity contribution in [2.45, 2.75) is 71.2 Å². The molecule has 28 heavy (non-hydrogen) atoms. The van der Waals surface area contributed by atoms with E-state index in [0.29, 0.717) is 5.69 Å². The number of rotatable bonds is 3. The van der Waals surface area contributed by atoms with E-state index < -0.39 is 5.60 Å². The second-order valence-electron chi connectivity index (χ2n) is 8.27. The summed E-state index contributed by atoms with van der Waals surface area (Å²) in [7, 11) is 0. The lowest BCUT2D eigenvalue weighted by atomic mass is 9.90. The third-order valence-electron chi connectivity index (χ3n) is 4.93. The van der Waals surface area contributed by atoms with Gasteiger partial charge in [0.25, 0.3) is 0 Å². The lowest BCUT2D eigenvalue weighted by molar-refractivity contribution is -0.00807. The number of hydrogen-bond acceptors (Lipinski definition) is 5. The van der Waals surface area contributed by atoms with Gasteiger partial charge in [0.1, 0.15) is 5.60 Å². The van der Waals surface area contributed by atoms with Crippen molar-refractivity contribution in [3.05, 3.63) is 59.2 Å². The van der Waals surface area contributed by atoms with Gasteiger partial charge in [-0.1, -0.05) is 12.1 Å². The zero-order chi connectivity index (χ0) is 20.3. The molecule has 6 heteroatoms. The molecule has 0 aliphatic carbocycles. The predicted molar refractivity (Wildman–Crippen MR) is 107 cm³/mol. The van der Waals surface area contributed by atoms with Crippen LogP contribution in [0, 0.1) is 6.92 Å². The fraction of sp³-hybridized carbons (Fsp3) is 0.500. The van der Waals surface area contributed by atoms with Crippen molar-refractivity contribution in [2.75, 3.05) is 0 Å². The molecule has 1 saturated heterocycles. The zero-order valence-corrected chi connectivity index (χ0v) is 17.1. The highest BCUT2D eigenvalue weighted by atomic mass is 16.6. The Kier molecular flexibility index (Phi) is 5.98. The average molecular weight is 383 g/mol. The van der Waals surface area contributed by atoms with Crippen LogP contribution in [0.15, 0.2) is 36.5 Å². The van der Waals surface area contributed by atoms with E-state index in [2.05, 4.69) is 9.97 Å². The zero-order valence-electron chi connectivity index (χ0n) is 17.1. The highest BCUT2D eigenvalue weighted by Crippen LogP contribution is 2.42. The van der Waals surface area contributed by atoms with Crippen LogP contribution in [-0.4, -0.2) is 31.7 Å². The summed E-state index contributed by atoms with van der Waals surface area (Å²) in [4.78, 5) is 24.2. The van der Waals surface area contributed by atoms with E-state index in [4.69, 9.17) is 4.74 Å². The van der Waals surface area contributed by atoms with Crippen molar-refractivity contribution in [2.24, 2.45) is 0 Å². The molecule has 0 spiro atoms. The van der Waals surface area contributed by atoms with Crippen molar-refractivity contribution in [1.29, 1.82) is 0 Å². The Morgan fingerprint density at radius 2 is 1.96 bits per heavy atom. The van der Waals surface area contributed by atoms with Gasteiger partial charge in [0.2, 0.25) is 0 Å². The summed E-state index contributed by atoms with van der Waals surface area (Å²) < 4.78 is 5.76. The van der Waals surface area contributed by atoms with Crippen LogP contribution in [0.5, 0.6) is 0 Å². The molecular weight excluding hydrogens is 354 g/mol. The summed E-state index contributed by atoms with van der Waals surface area (Å²) in [6, 6.07) is 9.10. The van der Waals surface area contributed by atoms with Crippen LogP contribution in [0.4, 0.5) is 4.79 Å². The Morgan fingerprint density at radius 1 is 1.21 bits per heavy atom. The van der Waals surface area contributed by atoms with Gasteiger partial charge in [0, 0.05) is 6.20 Å². The summed E-state index contributed by atoms with van der Waals surface area (Å²) in [5.41, 5.74) is 2.73. The SMILES string of the molecule is Cc1cccnc1C1CCCC(c2cccc(CO)n2)N1C(=O)OC(C)(C)C. The van der Waals surface area contributed by atoms with Crippen LogP contribution in [-0.2, 0) is 11.3 Å². The Balaban J connectivity index is 2.04. The third kappa shape index (κ3) is 4.50. The first kappa shape index (κ1) is 20.3. The van der Waals surface area contributed by atoms with Crippen molar-refractivity contribution >= 4 is 6.09 Å². The molecule has 2 aromatic heterocycles. The maximum atomic E-state index is 13.2. The lowest BCUT2D eigenvalue weighted by Gasteiger charge is -2.42. The van der Waals surface area contributed by atoms with Gasteiger partial charge >= 0.3 is 6.09 Å². The van der Waals surface area contributed by atoms with E-state index in [0.717, 1.165) is 36.2 Å². The topological polar surface area (TPSA) is 75.6 Å². The number of amides is 1. The molecule has 1 aliphatic heterocycles. The smallest absolute Gasteiger partial charge is 0.411 e. The summed E-state index contributed by atoms with van der Waals surface area (Å²) in [5.74, 6) is 0. The molecule has 3 heterocycles. The number of hydrogen-bond donors (Lipinski definition) is 1. The first-order valence-electron chi connectivity index (χ1n) is 9.79. The fourth-order valence-electron chi connectivity index (χ4n) is 3.75. The van der Waals surface area contributed by atoms with Crippen molar-refractivity contribution in [3.8, 4) is 0 Å². The number of aryl methyl sites for hydroxylation is 1. The van der Waals surface area contributed by atoms with E-state index >= 15 is 0 Å². The van der Waals surface area contributed by atoms with Gasteiger partial charge in [-0.25, -0.2) is 4.79 Å². The van der Waals surface area contributed by atoms with Crippen LogP contribution in [0.1, 0.15) is 74.8 Å². The molecular formula is C22H29N3O3. The fourth-order valence-corrected chi connectivity index (χ4v) is 3.75. The predicted octanol–water partition coefficient (Wildman–Crippen LogP) is 4.48. The number of ether oxygens (including phenoxy) is 1. The van der Waals surface area contributed by atoms with Crippen LogP contribution in [0.2, 0.25) is 0 Å². The molecule has 0 bridgehead atoms. The van der Waals surface area contributed by atoms with Crippen LogP contribution < -0.4 is 0 Å². The largest absolute Gasteiger partial charge is 0.444 e. The van der Waals surface area contributed by atoms with E-state index in [1.54, 1.807) is 17.2 Å². The number of piperidine rings is 1. The highest BCUT2D eigenvalue weighted by Gasteiger charge is 2.40. The molecule has 2 aromatic rings. The molecule has 1 amide bonds. The number of nitrogens with zero attached hydrogens (tertiary/aromatic N) is 3. The first-order chi connectivity index (χ1) is 13.3. The molecule has 3 rings (SSSR count). The second kappa shape index (κ2) is 8.27. The van der Waals surface area contributed by atoms with Gasteiger partial charge < -0.3 is 9.84 Å². The van der Waals surface area contributed by atoms with Gasteiger partial charge in [-0.15, -0.1) is 0 Å². The van der Waals surface area contributed by atoms with Gasteiger partial charge in [0.05, 0.1) is 35.8 Å². The minimum absolute atomic E-state index is 0.129. The van der Waals surface area contributed by atoms with Crippen molar-refractivity contribution in [1.82, 2.24) is 14.9 Å². The average Bonchev–Trinajstić information content (AvgIpc) is 2.66. The molecule has 2 unspecified atom stereocenters. The number of likely N-dealkylation sites (tertiary alicyclic amines) is 1. The van der Waals surface area contributed by atoms with Crippen LogP contribution >= 0.6 is 0 Å². The number of carbonyl (C=O) groups is 1. The van der Waals surface area contributed by atoms with E-state index in [-0.39, 0.29) is 24.8 Å². The Labute approximate surface area is 166 Å². The maximum Gasteiger partial charge on any atom is 0.411 e. The highest BCUT2D eigenvalue weighted by molar-refractivity contribution is 5.69. The Morgan fingerprint density at radius 3 is 2.64 bits per heavy atom. The van der Waals surface area contributed by atoms with E-state index in [1.807, 2.05) is 52.0 Å². The normalized spacial score (nSPS) is 20.1. The monoisotopic (exact) mass is 383 g/mol. The Bertz CT molecular complexity index is 832. The number of aliphatic hydroxyl groups excluding tert-OH is 1. The van der Waals surface area contributed by atoms with Gasteiger partial charge in [-0.3, -0.25) is 14.9 Å². The van der Waals surface area contributed by atoms with Gasteiger partial charge in [-0.2, -0.15) is 0 Å². The molecule has 1 aliphatic rings. The number of aliphatic hydroxyl groups is 1. The minimum Gasteiger partial charge on any atom is -0.444 e. The van der Waals surface area contributed by atoms with E-state index in [9.17, 15) is 9.90 Å². The van der Waals surface area contributed by atoms with Crippen molar-refractivity contribution in [3.63, 3.8) is 0 Å². The third-order valence-corrected chi connectivity index (χ3v) is 4.93. The maximum absolute atomic E-state index is 13.2. The molecule has 150 valence electrons. The first-order valence-corrected chi connectivity index (χ1v) is 9.79. The number of pyridine rings is 2. The quantitative estimate of drug-likeness (QED) is 0.846. The summed E-state index contributed by atoms with van der Waals surface area (Å²) in [5, 5.41) is 9.48. The van der Waals surface area contributed by atoms with Crippen LogP contribution in [0.3, 0.4) is 0 Å². The number of aromatic nitrogens is 2. The summed E-state index contributed by atoms with van der Waals surface area (Å²) >= 11 is 0. The molecule has 6 nitrogen and oxygen atoms in total. The molecule has 0 radical (unpaired) electrons. The van der Waals surface area contributed by atoms with E-state index in [1.165, 1.54) is 0 Å². The van der Waals surface area contributed by atoms with Gasteiger partial charge in [-0.05, 0) is 70.7 Å². The van der Waals surface area contributed by atoms with Crippen LogP contribution in [0.25, 0.3) is 0 Å². The number of carbonyl (C=O) groups excluding carboxylic acids is 1. The van der Waals surface area contributed by atoms with Gasteiger partial charge in [0.15, 0.2) is 0 Å². The molecule has 0 saturated carbocycles. The summed E-state index contributed by atoms with van der Waals surface area (Å²) in [6.45, 7) is 7.50.